The van der Waals surface area contributed by atoms with Gasteiger partial charge in [0.05, 0.1) is 25.3 Å². The predicted molar refractivity (Wildman–Crippen MR) is 123 cm³/mol. The van der Waals surface area contributed by atoms with E-state index in [2.05, 4.69) is 35.7 Å². The van der Waals surface area contributed by atoms with Crippen molar-refractivity contribution >= 4 is 11.7 Å². The van der Waals surface area contributed by atoms with Crippen molar-refractivity contribution in [3.8, 4) is 11.8 Å². The zero-order valence-corrected chi connectivity index (χ0v) is 17.7. The van der Waals surface area contributed by atoms with Crippen molar-refractivity contribution in [3.63, 3.8) is 0 Å². The lowest BCUT2D eigenvalue weighted by atomic mass is 9.88. The maximum Gasteiger partial charge on any atom is 0.321 e. The number of ether oxygens (including phenoxy) is 1. The SMILES string of the molecule is COc1ccccc1NC(=O)N(CCC#N)CCC(c1ccccc1)c1ccccc1. The van der Waals surface area contributed by atoms with Crippen molar-refractivity contribution in [2.24, 2.45) is 0 Å². The highest BCUT2D eigenvalue weighted by molar-refractivity contribution is 5.91. The van der Waals surface area contributed by atoms with Gasteiger partial charge in [0, 0.05) is 19.0 Å². The molecule has 0 unspecified atom stereocenters. The monoisotopic (exact) mass is 413 g/mol. The zero-order chi connectivity index (χ0) is 21.9. The first-order chi connectivity index (χ1) is 15.2. The molecule has 0 radical (unpaired) electrons. The van der Waals surface area contributed by atoms with Gasteiger partial charge in [-0.3, -0.25) is 0 Å². The van der Waals surface area contributed by atoms with Gasteiger partial charge in [-0.05, 0) is 29.7 Å². The summed E-state index contributed by atoms with van der Waals surface area (Å²) in [6.45, 7) is 0.894. The number of para-hydroxylation sites is 2. The molecular weight excluding hydrogens is 386 g/mol. The molecular formula is C26H27N3O2. The summed E-state index contributed by atoms with van der Waals surface area (Å²) in [5.74, 6) is 0.758. The largest absolute Gasteiger partial charge is 0.495 e. The number of urea groups is 1. The molecule has 0 aromatic heterocycles. The minimum atomic E-state index is -0.236. The molecule has 0 aliphatic heterocycles. The highest BCUT2D eigenvalue weighted by Crippen LogP contribution is 2.28. The van der Waals surface area contributed by atoms with E-state index in [1.54, 1.807) is 24.1 Å². The second-order valence-corrected chi connectivity index (χ2v) is 7.19. The summed E-state index contributed by atoms with van der Waals surface area (Å²) >= 11 is 0. The number of amides is 2. The normalized spacial score (nSPS) is 10.4. The number of methoxy groups -OCH3 is 1. The third kappa shape index (κ3) is 6.10. The Morgan fingerprint density at radius 2 is 1.52 bits per heavy atom. The molecule has 1 N–H and O–H groups in total. The van der Waals surface area contributed by atoms with E-state index in [1.165, 1.54) is 11.1 Å². The van der Waals surface area contributed by atoms with Gasteiger partial charge < -0.3 is 15.0 Å². The number of rotatable bonds is 9. The first kappa shape index (κ1) is 21.9. The van der Waals surface area contributed by atoms with Crippen LogP contribution >= 0.6 is 0 Å². The molecule has 3 aromatic carbocycles. The Morgan fingerprint density at radius 3 is 2.10 bits per heavy atom. The van der Waals surface area contributed by atoms with E-state index in [0.717, 1.165) is 6.42 Å². The highest BCUT2D eigenvalue weighted by atomic mass is 16.5. The maximum absolute atomic E-state index is 13.0. The van der Waals surface area contributed by atoms with E-state index < -0.39 is 0 Å². The molecule has 5 nitrogen and oxygen atoms in total. The molecule has 0 spiro atoms. The van der Waals surface area contributed by atoms with E-state index in [4.69, 9.17) is 10.00 Å². The average Bonchev–Trinajstić information content (AvgIpc) is 2.82. The lowest BCUT2D eigenvalue weighted by molar-refractivity contribution is 0.211. The van der Waals surface area contributed by atoms with Crippen molar-refractivity contribution in [1.82, 2.24) is 4.90 Å². The van der Waals surface area contributed by atoms with Crippen LogP contribution in [0.3, 0.4) is 0 Å². The van der Waals surface area contributed by atoms with Crippen LogP contribution in [0.15, 0.2) is 84.9 Å². The third-order valence-electron chi connectivity index (χ3n) is 5.22. The topological polar surface area (TPSA) is 65.4 Å². The predicted octanol–water partition coefficient (Wildman–Crippen LogP) is 5.66. The molecule has 158 valence electrons. The molecule has 0 fully saturated rings. The smallest absolute Gasteiger partial charge is 0.321 e. The molecule has 0 saturated heterocycles. The fourth-order valence-electron chi connectivity index (χ4n) is 3.62. The lowest BCUT2D eigenvalue weighted by Crippen LogP contribution is -2.37. The van der Waals surface area contributed by atoms with Crippen LogP contribution in [0.2, 0.25) is 0 Å². The Kier molecular flexibility index (Phi) is 8.07. The zero-order valence-electron chi connectivity index (χ0n) is 17.7. The Balaban J connectivity index is 1.77. The molecule has 31 heavy (non-hydrogen) atoms. The van der Waals surface area contributed by atoms with Crippen LogP contribution < -0.4 is 10.1 Å². The molecule has 0 heterocycles. The number of hydrogen-bond acceptors (Lipinski definition) is 3. The van der Waals surface area contributed by atoms with E-state index in [-0.39, 0.29) is 18.4 Å². The third-order valence-corrected chi connectivity index (χ3v) is 5.22. The van der Waals surface area contributed by atoms with E-state index in [1.807, 2.05) is 48.5 Å². The maximum atomic E-state index is 13.0. The fraction of sp³-hybridized carbons (Fsp3) is 0.231. The number of nitrogens with zero attached hydrogens (tertiary/aromatic N) is 2. The molecule has 0 bridgehead atoms. The summed E-state index contributed by atoms with van der Waals surface area (Å²) in [4.78, 5) is 14.7. The van der Waals surface area contributed by atoms with Gasteiger partial charge in [0.1, 0.15) is 5.75 Å². The van der Waals surface area contributed by atoms with Gasteiger partial charge in [-0.15, -0.1) is 0 Å². The number of anilines is 1. The average molecular weight is 414 g/mol. The first-order valence-electron chi connectivity index (χ1n) is 10.4. The quantitative estimate of drug-likeness (QED) is 0.492. The summed E-state index contributed by atoms with van der Waals surface area (Å²) in [7, 11) is 1.57. The van der Waals surface area contributed by atoms with Crippen LogP contribution in [-0.2, 0) is 0 Å². The molecule has 0 aliphatic rings. The molecule has 0 atom stereocenters. The van der Waals surface area contributed by atoms with Gasteiger partial charge in [0.2, 0.25) is 0 Å². The molecule has 0 saturated carbocycles. The van der Waals surface area contributed by atoms with Crippen LogP contribution in [0.5, 0.6) is 5.75 Å². The van der Waals surface area contributed by atoms with Crippen LogP contribution in [0.1, 0.15) is 29.9 Å². The second-order valence-electron chi connectivity index (χ2n) is 7.19. The van der Waals surface area contributed by atoms with Gasteiger partial charge in [-0.1, -0.05) is 72.8 Å². The summed E-state index contributed by atoms with van der Waals surface area (Å²) in [5.41, 5.74) is 3.03. The number of nitrogens with one attached hydrogen (secondary N) is 1. The van der Waals surface area contributed by atoms with Gasteiger partial charge in [0.25, 0.3) is 0 Å². The second kappa shape index (κ2) is 11.4. The molecule has 0 aliphatic carbocycles. The summed E-state index contributed by atoms with van der Waals surface area (Å²) in [6, 6.07) is 29.8. The Morgan fingerprint density at radius 1 is 0.935 bits per heavy atom. The number of carbonyl (C=O) groups is 1. The van der Waals surface area contributed by atoms with Crippen molar-refractivity contribution in [3.05, 3.63) is 96.1 Å². The van der Waals surface area contributed by atoms with E-state index in [9.17, 15) is 4.79 Å². The standard InChI is InChI=1S/C26H27N3O2/c1-31-25-16-9-8-15-24(25)28-26(30)29(19-10-18-27)20-17-23(21-11-4-2-5-12-21)22-13-6-3-7-14-22/h2-9,11-16,23H,10,17,19-20H2,1H3,(H,28,30). The Labute approximate surface area is 183 Å². The summed E-state index contributed by atoms with van der Waals surface area (Å²) < 4.78 is 5.34. The molecule has 3 aromatic rings. The lowest BCUT2D eigenvalue weighted by Gasteiger charge is -2.26. The number of hydrogen-bond donors (Lipinski definition) is 1. The van der Waals surface area contributed by atoms with E-state index in [0.29, 0.717) is 24.5 Å². The minimum Gasteiger partial charge on any atom is -0.495 e. The molecule has 3 rings (SSSR count). The van der Waals surface area contributed by atoms with Gasteiger partial charge in [0.15, 0.2) is 0 Å². The Hall–Kier alpha value is -3.78. The summed E-state index contributed by atoms with van der Waals surface area (Å²) in [5, 5.41) is 12.0. The van der Waals surface area contributed by atoms with Gasteiger partial charge in [-0.25, -0.2) is 4.79 Å². The van der Waals surface area contributed by atoms with Crippen molar-refractivity contribution < 1.29 is 9.53 Å². The highest BCUT2D eigenvalue weighted by Gasteiger charge is 2.19. The van der Waals surface area contributed by atoms with Crippen molar-refractivity contribution in [2.75, 3.05) is 25.5 Å². The number of carbonyl (C=O) groups excluding carboxylic acids is 1. The van der Waals surface area contributed by atoms with Crippen LogP contribution in [0.25, 0.3) is 0 Å². The molecule has 5 heteroatoms. The Bertz CT molecular complexity index is 960. The van der Waals surface area contributed by atoms with Crippen LogP contribution in [0, 0.1) is 11.3 Å². The van der Waals surface area contributed by atoms with Crippen molar-refractivity contribution in [1.29, 1.82) is 5.26 Å². The summed E-state index contributed by atoms with van der Waals surface area (Å²) in [6.07, 6.45) is 1.03. The minimum absolute atomic E-state index is 0.158. The fourth-order valence-corrected chi connectivity index (χ4v) is 3.62. The van der Waals surface area contributed by atoms with Gasteiger partial charge in [-0.2, -0.15) is 5.26 Å². The van der Waals surface area contributed by atoms with Gasteiger partial charge >= 0.3 is 6.03 Å². The molecule has 2 amide bonds. The number of nitriles is 1. The van der Waals surface area contributed by atoms with E-state index >= 15 is 0 Å². The van der Waals surface area contributed by atoms with Crippen LogP contribution in [-0.4, -0.2) is 31.1 Å². The van der Waals surface area contributed by atoms with Crippen LogP contribution in [0.4, 0.5) is 10.5 Å². The van der Waals surface area contributed by atoms with Crippen molar-refractivity contribution in [2.45, 2.75) is 18.8 Å². The first-order valence-corrected chi connectivity index (χ1v) is 10.4. The number of benzene rings is 3.